The van der Waals surface area contributed by atoms with E-state index in [0.29, 0.717) is 0 Å². The number of likely N-dealkylation sites (N-methyl/N-ethyl adjacent to an activating group) is 1. The molecular formula is C24H33N3S. The summed E-state index contributed by atoms with van der Waals surface area (Å²) in [5.41, 5.74) is 2.75. The molecule has 4 heteroatoms. The van der Waals surface area contributed by atoms with Gasteiger partial charge in [-0.25, -0.2) is 0 Å². The van der Waals surface area contributed by atoms with E-state index in [1.54, 1.807) is 0 Å². The van der Waals surface area contributed by atoms with Crippen molar-refractivity contribution in [3.8, 4) is 0 Å². The van der Waals surface area contributed by atoms with Crippen molar-refractivity contribution in [1.82, 2.24) is 9.80 Å². The molecule has 2 aromatic rings. The number of unbranched alkanes of at least 4 members (excludes halogenated alkanes) is 4. The van der Waals surface area contributed by atoms with Gasteiger partial charge in [0.1, 0.15) is 0 Å². The van der Waals surface area contributed by atoms with E-state index in [2.05, 4.69) is 70.3 Å². The largest absolute Gasteiger partial charge is 0.340 e. The molecule has 1 saturated heterocycles. The molecule has 2 aliphatic rings. The maximum Gasteiger partial charge on any atom is 0.0552 e. The zero-order valence-corrected chi connectivity index (χ0v) is 18.0. The molecule has 2 aromatic carbocycles. The van der Waals surface area contributed by atoms with Crippen LogP contribution < -0.4 is 4.90 Å². The van der Waals surface area contributed by atoms with Crippen molar-refractivity contribution < 1.29 is 0 Å². The Balaban J connectivity index is 1.21. The van der Waals surface area contributed by atoms with Gasteiger partial charge in [0, 0.05) is 42.5 Å². The third kappa shape index (κ3) is 4.91. The molecule has 3 nitrogen and oxygen atoms in total. The normalized spacial score (nSPS) is 17.4. The summed E-state index contributed by atoms with van der Waals surface area (Å²) < 4.78 is 0. The van der Waals surface area contributed by atoms with Crippen LogP contribution in [0.15, 0.2) is 58.3 Å². The highest BCUT2D eigenvalue weighted by Gasteiger charge is 2.22. The van der Waals surface area contributed by atoms with Crippen LogP contribution in [-0.2, 0) is 0 Å². The van der Waals surface area contributed by atoms with E-state index in [4.69, 9.17) is 0 Å². The molecule has 2 aliphatic heterocycles. The van der Waals surface area contributed by atoms with Gasteiger partial charge in [0.05, 0.1) is 11.4 Å². The first kappa shape index (κ1) is 19.8. The zero-order valence-electron chi connectivity index (χ0n) is 17.1. The van der Waals surface area contributed by atoms with Crippen molar-refractivity contribution in [2.45, 2.75) is 41.9 Å². The van der Waals surface area contributed by atoms with Gasteiger partial charge in [0.15, 0.2) is 0 Å². The number of fused-ring (bicyclic) bond motifs is 2. The van der Waals surface area contributed by atoms with E-state index in [1.165, 1.54) is 86.0 Å². The van der Waals surface area contributed by atoms with E-state index < -0.39 is 0 Å². The summed E-state index contributed by atoms with van der Waals surface area (Å²) in [6, 6.07) is 17.7. The Morgan fingerprint density at radius 3 is 1.86 bits per heavy atom. The fourth-order valence-electron chi connectivity index (χ4n) is 4.23. The quantitative estimate of drug-likeness (QED) is 0.547. The number of nitrogens with zero attached hydrogens (tertiary/aromatic N) is 3. The highest BCUT2D eigenvalue weighted by molar-refractivity contribution is 7.99. The first-order valence-electron chi connectivity index (χ1n) is 10.9. The lowest BCUT2D eigenvalue weighted by Gasteiger charge is -2.33. The second-order valence-electron chi connectivity index (χ2n) is 8.10. The van der Waals surface area contributed by atoms with Crippen LogP contribution in [0.1, 0.15) is 32.1 Å². The van der Waals surface area contributed by atoms with Crippen molar-refractivity contribution in [2.24, 2.45) is 0 Å². The first-order chi connectivity index (χ1) is 13.8. The Labute approximate surface area is 174 Å². The Bertz CT molecular complexity index is 710. The summed E-state index contributed by atoms with van der Waals surface area (Å²) in [5, 5.41) is 0. The molecule has 4 rings (SSSR count). The van der Waals surface area contributed by atoms with Gasteiger partial charge >= 0.3 is 0 Å². The van der Waals surface area contributed by atoms with Gasteiger partial charge in [-0.1, -0.05) is 55.3 Å². The van der Waals surface area contributed by atoms with Crippen LogP contribution in [0.5, 0.6) is 0 Å². The fraction of sp³-hybridized carbons (Fsp3) is 0.500. The molecular weight excluding hydrogens is 362 g/mol. The number of anilines is 2. The van der Waals surface area contributed by atoms with Crippen LogP contribution in [0.2, 0.25) is 0 Å². The van der Waals surface area contributed by atoms with Crippen molar-refractivity contribution in [2.75, 3.05) is 51.2 Å². The highest BCUT2D eigenvalue weighted by atomic mass is 32.2. The number of rotatable bonds is 8. The van der Waals surface area contributed by atoms with Gasteiger partial charge in [-0.15, -0.1) is 0 Å². The van der Waals surface area contributed by atoms with Crippen LogP contribution in [0.25, 0.3) is 0 Å². The van der Waals surface area contributed by atoms with E-state index in [9.17, 15) is 0 Å². The number of hydrogen-bond donors (Lipinski definition) is 0. The molecule has 0 N–H and O–H groups in total. The lowest BCUT2D eigenvalue weighted by Crippen LogP contribution is -2.44. The van der Waals surface area contributed by atoms with Crippen molar-refractivity contribution >= 4 is 23.1 Å². The predicted molar refractivity (Wildman–Crippen MR) is 121 cm³/mol. The maximum absolute atomic E-state index is 2.64. The summed E-state index contributed by atoms with van der Waals surface area (Å²) in [5.74, 6) is 0. The minimum absolute atomic E-state index is 1.12. The number of benzene rings is 2. The smallest absolute Gasteiger partial charge is 0.0552 e. The zero-order chi connectivity index (χ0) is 19.2. The van der Waals surface area contributed by atoms with Crippen LogP contribution in [0, 0.1) is 0 Å². The molecule has 0 saturated carbocycles. The molecule has 0 spiro atoms. The fourth-order valence-corrected chi connectivity index (χ4v) is 5.32. The number of hydrogen-bond acceptors (Lipinski definition) is 4. The third-order valence-corrected chi connectivity index (χ3v) is 7.11. The van der Waals surface area contributed by atoms with Crippen molar-refractivity contribution in [1.29, 1.82) is 0 Å². The van der Waals surface area contributed by atoms with Crippen LogP contribution >= 0.6 is 11.8 Å². The summed E-state index contributed by atoms with van der Waals surface area (Å²) in [7, 11) is 2.23. The first-order valence-corrected chi connectivity index (χ1v) is 11.7. The maximum atomic E-state index is 2.64. The topological polar surface area (TPSA) is 9.72 Å². The predicted octanol–water partition coefficient (Wildman–Crippen LogP) is 5.49. The molecule has 28 heavy (non-hydrogen) atoms. The van der Waals surface area contributed by atoms with Crippen LogP contribution in [0.3, 0.4) is 0 Å². The molecule has 0 atom stereocenters. The van der Waals surface area contributed by atoms with Crippen LogP contribution in [0.4, 0.5) is 11.4 Å². The third-order valence-electron chi connectivity index (χ3n) is 5.98. The summed E-state index contributed by atoms with van der Waals surface area (Å²) >= 11 is 1.90. The van der Waals surface area contributed by atoms with E-state index in [0.717, 1.165) is 6.54 Å². The number of piperazine rings is 1. The Hall–Kier alpha value is -1.49. The van der Waals surface area contributed by atoms with Gasteiger partial charge in [0.2, 0.25) is 0 Å². The SMILES string of the molecule is CN1CCN(CCCCCCCN2c3ccccc3Sc3ccccc32)CC1. The van der Waals surface area contributed by atoms with Crippen LogP contribution in [-0.4, -0.2) is 56.1 Å². The molecule has 0 bridgehead atoms. The number of para-hydroxylation sites is 2. The van der Waals surface area contributed by atoms with Crippen molar-refractivity contribution in [3.63, 3.8) is 0 Å². The lowest BCUT2D eigenvalue weighted by atomic mass is 10.1. The lowest BCUT2D eigenvalue weighted by molar-refractivity contribution is 0.152. The summed E-state index contributed by atoms with van der Waals surface area (Å²) in [6.07, 6.45) is 6.68. The van der Waals surface area contributed by atoms with Gasteiger partial charge in [-0.05, 0) is 50.7 Å². The van der Waals surface area contributed by atoms with E-state index in [1.807, 2.05) is 11.8 Å². The molecule has 2 heterocycles. The van der Waals surface area contributed by atoms with Gasteiger partial charge < -0.3 is 14.7 Å². The molecule has 0 radical (unpaired) electrons. The Morgan fingerprint density at radius 2 is 1.21 bits per heavy atom. The Morgan fingerprint density at radius 1 is 0.679 bits per heavy atom. The average Bonchev–Trinajstić information content (AvgIpc) is 2.73. The van der Waals surface area contributed by atoms with E-state index in [-0.39, 0.29) is 0 Å². The van der Waals surface area contributed by atoms with E-state index >= 15 is 0 Å². The minimum atomic E-state index is 1.12. The molecule has 150 valence electrons. The van der Waals surface area contributed by atoms with Crippen molar-refractivity contribution in [3.05, 3.63) is 48.5 Å². The monoisotopic (exact) mass is 395 g/mol. The minimum Gasteiger partial charge on any atom is -0.340 e. The van der Waals surface area contributed by atoms with Gasteiger partial charge in [-0.2, -0.15) is 0 Å². The highest BCUT2D eigenvalue weighted by Crippen LogP contribution is 2.47. The molecule has 0 aromatic heterocycles. The van der Waals surface area contributed by atoms with Gasteiger partial charge in [-0.3, -0.25) is 0 Å². The molecule has 1 fully saturated rings. The Kier molecular flexibility index (Phi) is 6.95. The van der Waals surface area contributed by atoms with Gasteiger partial charge in [0.25, 0.3) is 0 Å². The average molecular weight is 396 g/mol. The second kappa shape index (κ2) is 9.82. The summed E-state index contributed by atoms with van der Waals surface area (Å²) in [6.45, 7) is 7.38. The molecule has 0 amide bonds. The molecule has 0 aliphatic carbocycles. The standard InChI is InChI=1S/C24H33N3S/c1-25-17-19-26(20-18-25)15-9-3-2-4-10-16-27-21-11-5-7-13-23(21)28-24-14-8-6-12-22(24)27/h5-8,11-14H,2-4,9-10,15-20H2,1H3. The molecule has 0 unspecified atom stereocenters. The summed E-state index contributed by atoms with van der Waals surface area (Å²) in [4.78, 5) is 10.4. The second-order valence-corrected chi connectivity index (χ2v) is 9.19.